The van der Waals surface area contributed by atoms with Crippen LogP contribution in [0, 0.1) is 17.8 Å². The van der Waals surface area contributed by atoms with Gasteiger partial charge in [0.1, 0.15) is 0 Å². The van der Waals surface area contributed by atoms with Crippen LogP contribution in [0.2, 0.25) is 0 Å². The lowest BCUT2D eigenvalue weighted by molar-refractivity contribution is 0.302. The highest BCUT2D eigenvalue weighted by atomic mass is 14.3. The van der Waals surface area contributed by atoms with Gasteiger partial charge in [0.2, 0.25) is 0 Å². The maximum absolute atomic E-state index is 3.37. The summed E-state index contributed by atoms with van der Waals surface area (Å²) in [6, 6.07) is 22.3. The van der Waals surface area contributed by atoms with Gasteiger partial charge < -0.3 is 0 Å². The molecule has 3 aromatic rings. The number of hydrogen-bond donors (Lipinski definition) is 0. The minimum absolute atomic E-state index is 0.748. The number of fused-ring (bicyclic) bond motifs is 1. The van der Waals surface area contributed by atoms with E-state index < -0.39 is 0 Å². The van der Waals surface area contributed by atoms with Gasteiger partial charge >= 0.3 is 0 Å². The van der Waals surface area contributed by atoms with E-state index >= 15 is 0 Å². The first kappa shape index (κ1) is 22.7. The molecule has 0 heterocycles. The summed E-state index contributed by atoms with van der Waals surface area (Å²) in [6.45, 7) is 4.50. The van der Waals surface area contributed by atoms with E-state index in [1.54, 1.807) is 0 Å². The molecule has 0 amide bonds. The summed E-state index contributed by atoms with van der Waals surface area (Å²) in [5.74, 6) is 8.46. The third kappa shape index (κ3) is 6.04. The summed E-state index contributed by atoms with van der Waals surface area (Å²) < 4.78 is 0. The molecule has 32 heavy (non-hydrogen) atoms. The van der Waals surface area contributed by atoms with Crippen LogP contribution in [0.1, 0.15) is 99.8 Å². The van der Waals surface area contributed by atoms with Crippen LogP contribution in [0.4, 0.5) is 0 Å². The van der Waals surface area contributed by atoms with Gasteiger partial charge in [-0.15, -0.1) is 0 Å². The van der Waals surface area contributed by atoms with E-state index in [2.05, 4.69) is 86.4 Å². The van der Waals surface area contributed by atoms with Crippen molar-refractivity contribution in [3.63, 3.8) is 0 Å². The van der Waals surface area contributed by atoms with Crippen molar-refractivity contribution >= 4 is 10.8 Å². The molecule has 0 N–H and O–H groups in total. The molecule has 1 aliphatic carbocycles. The van der Waals surface area contributed by atoms with Gasteiger partial charge in [0.15, 0.2) is 0 Å². The first-order valence-corrected chi connectivity index (χ1v) is 12.9. The van der Waals surface area contributed by atoms with Gasteiger partial charge in [-0.05, 0) is 90.1 Å². The van der Waals surface area contributed by atoms with E-state index in [0.29, 0.717) is 0 Å². The second kappa shape index (κ2) is 11.4. The topological polar surface area (TPSA) is 0 Å². The van der Waals surface area contributed by atoms with E-state index in [9.17, 15) is 0 Å². The van der Waals surface area contributed by atoms with Crippen molar-refractivity contribution in [3.8, 4) is 11.8 Å². The zero-order chi connectivity index (χ0) is 22.2. The smallest absolute Gasteiger partial charge is 0.0255 e. The molecule has 0 spiro atoms. The van der Waals surface area contributed by atoms with E-state index in [1.807, 2.05) is 0 Å². The predicted octanol–water partition coefficient (Wildman–Crippen LogP) is 9.05. The minimum Gasteiger partial charge on any atom is -0.0654 e. The fourth-order valence-electron chi connectivity index (χ4n) is 5.22. The van der Waals surface area contributed by atoms with Crippen LogP contribution >= 0.6 is 0 Å². The third-order valence-electron chi connectivity index (χ3n) is 7.36. The fourth-order valence-corrected chi connectivity index (χ4v) is 5.22. The molecule has 0 atom stereocenters. The standard InChI is InChI=1S/C32H38/c1-3-5-6-7-8-26-12-17-29(18-13-26)30-19-14-27(15-20-30)9-10-28-16-22-31-23-25(4-2)11-21-32(31)24-28/h11,14-16,19-24,26,29H,3-8,12-13,17-18H2,1-2H3/t26-,29-. The Morgan fingerprint density at radius 3 is 2.12 bits per heavy atom. The van der Waals surface area contributed by atoms with Crippen molar-refractivity contribution in [2.75, 3.05) is 0 Å². The molecular weight excluding hydrogens is 384 g/mol. The van der Waals surface area contributed by atoms with E-state index in [4.69, 9.17) is 0 Å². The SMILES string of the molecule is CCCCCC[C@H]1CC[C@H](c2ccc(C#Cc3ccc4cc(CC)ccc4c3)cc2)CC1. The quantitative estimate of drug-likeness (QED) is 0.263. The van der Waals surface area contributed by atoms with Crippen LogP contribution in [0.15, 0.2) is 60.7 Å². The minimum atomic E-state index is 0.748. The van der Waals surface area contributed by atoms with Crippen molar-refractivity contribution in [1.29, 1.82) is 0 Å². The van der Waals surface area contributed by atoms with Gasteiger partial charge in [-0.3, -0.25) is 0 Å². The second-order valence-corrected chi connectivity index (χ2v) is 9.69. The Kier molecular flexibility index (Phi) is 8.06. The van der Waals surface area contributed by atoms with Gasteiger partial charge in [0.25, 0.3) is 0 Å². The Morgan fingerprint density at radius 1 is 0.688 bits per heavy atom. The maximum atomic E-state index is 3.37. The monoisotopic (exact) mass is 422 g/mol. The average molecular weight is 423 g/mol. The van der Waals surface area contributed by atoms with Crippen molar-refractivity contribution < 1.29 is 0 Å². The molecule has 1 fully saturated rings. The summed E-state index contributed by atoms with van der Waals surface area (Å²) >= 11 is 0. The van der Waals surface area contributed by atoms with Gasteiger partial charge in [0, 0.05) is 11.1 Å². The Hall–Kier alpha value is -2.52. The van der Waals surface area contributed by atoms with Crippen molar-refractivity contribution in [1.82, 2.24) is 0 Å². The van der Waals surface area contributed by atoms with Crippen LogP contribution in [-0.2, 0) is 6.42 Å². The number of unbranched alkanes of at least 4 members (excludes halogenated alkanes) is 3. The summed E-state index contributed by atoms with van der Waals surface area (Å²) in [5.41, 5.74) is 5.09. The Morgan fingerprint density at radius 2 is 1.38 bits per heavy atom. The van der Waals surface area contributed by atoms with Gasteiger partial charge in [-0.2, -0.15) is 0 Å². The maximum Gasteiger partial charge on any atom is 0.0255 e. The lowest BCUT2D eigenvalue weighted by atomic mass is 9.77. The first-order valence-electron chi connectivity index (χ1n) is 12.9. The van der Waals surface area contributed by atoms with Crippen LogP contribution in [0.25, 0.3) is 10.8 Å². The summed E-state index contributed by atoms with van der Waals surface area (Å²) in [7, 11) is 0. The highest BCUT2D eigenvalue weighted by Crippen LogP contribution is 2.37. The summed E-state index contributed by atoms with van der Waals surface area (Å²) in [6.07, 6.45) is 13.7. The van der Waals surface area contributed by atoms with E-state index in [-0.39, 0.29) is 0 Å². The molecule has 4 rings (SSSR count). The number of benzene rings is 3. The Labute approximate surface area is 195 Å². The molecular formula is C32H38. The van der Waals surface area contributed by atoms with Crippen LogP contribution in [0.5, 0.6) is 0 Å². The molecule has 0 radical (unpaired) electrons. The summed E-state index contributed by atoms with van der Waals surface area (Å²) in [4.78, 5) is 0. The van der Waals surface area contributed by atoms with Crippen LogP contribution in [0.3, 0.4) is 0 Å². The molecule has 0 bridgehead atoms. The van der Waals surface area contributed by atoms with Crippen molar-refractivity contribution in [2.24, 2.45) is 5.92 Å². The van der Waals surface area contributed by atoms with Gasteiger partial charge in [-0.25, -0.2) is 0 Å². The summed E-state index contributed by atoms with van der Waals surface area (Å²) in [5, 5.41) is 2.57. The van der Waals surface area contributed by atoms with Gasteiger partial charge in [-0.1, -0.05) is 94.2 Å². The molecule has 0 aliphatic heterocycles. The van der Waals surface area contributed by atoms with E-state index in [0.717, 1.165) is 29.4 Å². The van der Waals surface area contributed by atoms with Crippen LogP contribution in [-0.4, -0.2) is 0 Å². The Balaban J connectivity index is 1.33. The fraction of sp³-hybridized carbons (Fsp3) is 0.438. The molecule has 1 aliphatic rings. The first-order chi connectivity index (χ1) is 15.7. The number of rotatable bonds is 7. The lowest BCUT2D eigenvalue weighted by Gasteiger charge is -2.29. The van der Waals surface area contributed by atoms with Gasteiger partial charge in [0.05, 0.1) is 0 Å². The molecule has 1 saturated carbocycles. The number of hydrogen-bond acceptors (Lipinski definition) is 0. The largest absolute Gasteiger partial charge is 0.0654 e. The Bertz CT molecular complexity index is 1050. The van der Waals surface area contributed by atoms with E-state index in [1.165, 1.54) is 79.7 Å². The molecule has 0 unspecified atom stereocenters. The number of aryl methyl sites for hydroxylation is 1. The third-order valence-corrected chi connectivity index (χ3v) is 7.36. The highest BCUT2D eigenvalue weighted by molar-refractivity contribution is 5.84. The molecule has 3 aromatic carbocycles. The second-order valence-electron chi connectivity index (χ2n) is 9.69. The predicted molar refractivity (Wildman–Crippen MR) is 139 cm³/mol. The average Bonchev–Trinajstić information content (AvgIpc) is 2.85. The lowest BCUT2D eigenvalue weighted by Crippen LogP contribution is -2.13. The zero-order valence-electron chi connectivity index (χ0n) is 20.0. The molecule has 0 nitrogen and oxygen atoms in total. The normalized spacial score (nSPS) is 18.3. The van der Waals surface area contributed by atoms with Crippen molar-refractivity contribution in [2.45, 2.75) is 84.0 Å². The van der Waals surface area contributed by atoms with Crippen molar-refractivity contribution in [3.05, 3.63) is 82.9 Å². The molecule has 0 aromatic heterocycles. The zero-order valence-corrected chi connectivity index (χ0v) is 20.0. The molecule has 0 heteroatoms. The molecule has 0 saturated heterocycles. The van der Waals surface area contributed by atoms with Crippen LogP contribution < -0.4 is 0 Å². The highest BCUT2D eigenvalue weighted by Gasteiger charge is 2.21. The molecule has 166 valence electrons.